The van der Waals surface area contributed by atoms with Crippen LogP contribution in [0.3, 0.4) is 0 Å². The number of nitrogens with zero attached hydrogens (tertiary/aromatic N) is 1. The van der Waals surface area contributed by atoms with Gasteiger partial charge in [0.1, 0.15) is 11.9 Å². The van der Waals surface area contributed by atoms with Gasteiger partial charge in [0.25, 0.3) is 0 Å². The highest BCUT2D eigenvalue weighted by atomic mass is 32.2. The summed E-state index contributed by atoms with van der Waals surface area (Å²) in [6.45, 7) is 0.210. The van der Waals surface area contributed by atoms with E-state index >= 15 is 0 Å². The first-order valence-corrected chi connectivity index (χ1v) is 8.57. The molecule has 1 aliphatic rings. The van der Waals surface area contributed by atoms with Gasteiger partial charge in [-0.2, -0.15) is 0 Å². The van der Waals surface area contributed by atoms with E-state index in [-0.39, 0.29) is 17.9 Å². The third-order valence-corrected chi connectivity index (χ3v) is 5.09. The van der Waals surface area contributed by atoms with Gasteiger partial charge in [0.05, 0.1) is 4.90 Å². The number of benzene rings is 1. The molecule has 1 amide bonds. The van der Waals surface area contributed by atoms with Gasteiger partial charge in [0, 0.05) is 19.5 Å². The maximum Gasteiger partial charge on any atom is 0.326 e. The van der Waals surface area contributed by atoms with Crippen LogP contribution < -0.4 is 4.72 Å². The molecule has 1 aromatic rings. The SMILES string of the molecule is O=C(O)C1CCCN1C(=O)CCNS(=O)(=O)c1ccc(F)cc1. The minimum atomic E-state index is -3.83. The normalized spacial score (nSPS) is 18.1. The molecule has 9 heteroatoms. The number of nitrogens with one attached hydrogen (secondary N) is 1. The second kappa shape index (κ2) is 7.05. The molecule has 2 N–H and O–H groups in total. The van der Waals surface area contributed by atoms with Crippen LogP contribution in [0.25, 0.3) is 0 Å². The zero-order chi connectivity index (χ0) is 17.0. The Kier molecular flexibility index (Phi) is 5.32. The number of aliphatic carboxylic acids is 1. The van der Waals surface area contributed by atoms with E-state index in [1.807, 2.05) is 0 Å². The van der Waals surface area contributed by atoms with Crippen molar-refractivity contribution in [2.45, 2.75) is 30.2 Å². The van der Waals surface area contributed by atoms with E-state index in [0.717, 1.165) is 24.3 Å². The molecule has 0 saturated carbocycles. The number of carbonyl (C=O) groups is 2. The van der Waals surface area contributed by atoms with E-state index in [0.29, 0.717) is 19.4 Å². The van der Waals surface area contributed by atoms with Gasteiger partial charge in [0.2, 0.25) is 15.9 Å². The van der Waals surface area contributed by atoms with E-state index in [9.17, 15) is 22.4 Å². The summed E-state index contributed by atoms with van der Waals surface area (Å²) in [5.41, 5.74) is 0. The van der Waals surface area contributed by atoms with Gasteiger partial charge in [-0.05, 0) is 37.1 Å². The molecule has 126 valence electrons. The molecule has 1 atom stereocenters. The van der Waals surface area contributed by atoms with E-state index < -0.39 is 33.8 Å². The molecule has 1 saturated heterocycles. The first-order chi connectivity index (χ1) is 10.8. The highest BCUT2D eigenvalue weighted by molar-refractivity contribution is 7.89. The van der Waals surface area contributed by atoms with E-state index in [4.69, 9.17) is 5.11 Å². The average molecular weight is 344 g/mol. The van der Waals surface area contributed by atoms with Crippen molar-refractivity contribution < 1.29 is 27.5 Å². The van der Waals surface area contributed by atoms with Crippen LogP contribution in [0.1, 0.15) is 19.3 Å². The number of carboxylic acids is 1. The quantitative estimate of drug-likeness (QED) is 0.785. The topological polar surface area (TPSA) is 104 Å². The molecule has 0 bridgehead atoms. The standard InChI is InChI=1S/C14H17FN2O5S/c15-10-3-5-11(6-4-10)23(21,22)16-8-7-13(18)17-9-1-2-12(17)14(19)20/h3-6,12,16H,1-2,7-9H2,(H,19,20). The molecule has 23 heavy (non-hydrogen) atoms. The van der Waals surface area contributed by atoms with Gasteiger partial charge in [0.15, 0.2) is 0 Å². The third-order valence-electron chi connectivity index (χ3n) is 3.61. The fourth-order valence-electron chi connectivity index (χ4n) is 2.45. The Bertz CT molecular complexity index is 690. The van der Waals surface area contributed by atoms with Gasteiger partial charge in [-0.15, -0.1) is 0 Å². The van der Waals surface area contributed by atoms with E-state index in [1.54, 1.807) is 0 Å². The summed E-state index contributed by atoms with van der Waals surface area (Å²) in [5, 5.41) is 9.02. The molecule has 0 aliphatic carbocycles. The van der Waals surface area contributed by atoms with Crippen LogP contribution in [0.4, 0.5) is 4.39 Å². The highest BCUT2D eigenvalue weighted by Gasteiger charge is 2.33. The van der Waals surface area contributed by atoms with Crippen molar-refractivity contribution in [1.29, 1.82) is 0 Å². The number of carbonyl (C=O) groups excluding carboxylic acids is 1. The fraction of sp³-hybridized carbons (Fsp3) is 0.429. The summed E-state index contributed by atoms with van der Waals surface area (Å²) in [6.07, 6.45) is 0.886. The Balaban J connectivity index is 1.90. The summed E-state index contributed by atoms with van der Waals surface area (Å²) in [6, 6.07) is 3.47. The number of sulfonamides is 1. The Morgan fingerprint density at radius 3 is 2.57 bits per heavy atom. The van der Waals surface area contributed by atoms with Gasteiger partial charge in [-0.3, -0.25) is 4.79 Å². The molecule has 7 nitrogen and oxygen atoms in total. The van der Waals surface area contributed by atoms with Crippen molar-refractivity contribution in [2.75, 3.05) is 13.1 Å². The predicted molar refractivity (Wildman–Crippen MR) is 78.6 cm³/mol. The predicted octanol–water partition coefficient (Wildman–Crippen LogP) is 0.570. The van der Waals surface area contributed by atoms with Crippen molar-refractivity contribution in [3.05, 3.63) is 30.1 Å². The second-order valence-corrected chi connectivity index (χ2v) is 6.95. The maximum absolute atomic E-state index is 12.8. The van der Waals surface area contributed by atoms with Crippen LogP contribution in [0.15, 0.2) is 29.2 Å². The summed E-state index contributed by atoms with van der Waals surface area (Å²) >= 11 is 0. The highest BCUT2D eigenvalue weighted by Crippen LogP contribution is 2.18. The maximum atomic E-state index is 12.8. The average Bonchev–Trinajstić information content (AvgIpc) is 2.97. The second-order valence-electron chi connectivity index (χ2n) is 5.19. The molecule has 1 unspecified atom stereocenters. The van der Waals surface area contributed by atoms with E-state index in [1.165, 1.54) is 4.90 Å². The van der Waals surface area contributed by atoms with Crippen LogP contribution >= 0.6 is 0 Å². The molecule has 0 aromatic heterocycles. The van der Waals surface area contributed by atoms with Crippen LogP contribution in [0.5, 0.6) is 0 Å². The molecule has 1 aromatic carbocycles. The number of hydrogen-bond acceptors (Lipinski definition) is 4. The monoisotopic (exact) mass is 344 g/mol. The minimum Gasteiger partial charge on any atom is -0.480 e. The summed E-state index contributed by atoms with van der Waals surface area (Å²) in [4.78, 5) is 24.2. The molecule has 2 rings (SSSR count). The number of rotatable bonds is 6. The first-order valence-electron chi connectivity index (χ1n) is 7.09. The van der Waals surface area contributed by atoms with Crippen LogP contribution in [0, 0.1) is 5.82 Å². The largest absolute Gasteiger partial charge is 0.480 e. The molecule has 1 aliphatic heterocycles. The molecule has 1 heterocycles. The van der Waals surface area contributed by atoms with Gasteiger partial charge in [-0.25, -0.2) is 22.3 Å². The minimum absolute atomic E-state index is 0.101. The lowest BCUT2D eigenvalue weighted by Gasteiger charge is -2.21. The van der Waals surface area contributed by atoms with Gasteiger partial charge in [-0.1, -0.05) is 0 Å². The van der Waals surface area contributed by atoms with Crippen molar-refractivity contribution in [3.63, 3.8) is 0 Å². The van der Waals surface area contributed by atoms with Gasteiger partial charge < -0.3 is 10.0 Å². The van der Waals surface area contributed by atoms with Crippen LogP contribution in [-0.4, -0.2) is 49.4 Å². The number of likely N-dealkylation sites (tertiary alicyclic amines) is 1. The van der Waals surface area contributed by atoms with Crippen molar-refractivity contribution in [3.8, 4) is 0 Å². The Morgan fingerprint density at radius 1 is 1.30 bits per heavy atom. The lowest BCUT2D eigenvalue weighted by atomic mass is 10.2. The summed E-state index contributed by atoms with van der Waals surface area (Å²) in [5.74, 6) is -2.01. The Morgan fingerprint density at radius 2 is 1.96 bits per heavy atom. The molecule has 1 fully saturated rings. The van der Waals surface area contributed by atoms with Crippen molar-refractivity contribution in [2.24, 2.45) is 0 Å². The smallest absolute Gasteiger partial charge is 0.326 e. The zero-order valence-corrected chi connectivity index (χ0v) is 13.1. The van der Waals surface area contributed by atoms with Crippen molar-refractivity contribution >= 4 is 21.9 Å². The lowest BCUT2D eigenvalue weighted by Crippen LogP contribution is -2.41. The Hall–Kier alpha value is -2.00. The summed E-state index contributed by atoms with van der Waals surface area (Å²) < 4.78 is 39.0. The number of carboxylic acid groups (broad SMARTS) is 1. The number of amides is 1. The van der Waals surface area contributed by atoms with E-state index in [2.05, 4.69) is 4.72 Å². The summed E-state index contributed by atoms with van der Waals surface area (Å²) in [7, 11) is -3.83. The molecule has 0 radical (unpaired) electrons. The Labute approximate surface area is 133 Å². The molecular weight excluding hydrogens is 327 g/mol. The number of hydrogen-bond donors (Lipinski definition) is 2. The zero-order valence-electron chi connectivity index (χ0n) is 12.2. The molecule has 0 spiro atoms. The molecular formula is C14H17FN2O5S. The lowest BCUT2D eigenvalue weighted by molar-refractivity contribution is -0.148. The van der Waals surface area contributed by atoms with Crippen LogP contribution in [0.2, 0.25) is 0 Å². The first kappa shape index (κ1) is 17.4. The number of halogens is 1. The third kappa shape index (κ3) is 4.26. The fourth-order valence-corrected chi connectivity index (χ4v) is 3.49. The van der Waals surface area contributed by atoms with Crippen molar-refractivity contribution in [1.82, 2.24) is 9.62 Å². The van der Waals surface area contributed by atoms with Gasteiger partial charge >= 0.3 is 5.97 Å². The van der Waals surface area contributed by atoms with Crippen LogP contribution in [-0.2, 0) is 19.6 Å².